The molecule has 1 heterocycles. The fraction of sp³-hybridized carbons (Fsp3) is 0.231. The van der Waals surface area contributed by atoms with Gasteiger partial charge in [0.2, 0.25) is 0 Å². The number of aryl methyl sites for hydroxylation is 1. The quantitative estimate of drug-likeness (QED) is 0.872. The number of halogens is 1. The lowest BCUT2D eigenvalue weighted by molar-refractivity contribution is 0.526. The average Bonchev–Trinajstić information content (AvgIpc) is 2.44. The summed E-state index contributed by atoms with van der Waals surface area (Å²) in [5.74, 6) is 0.619. The Morgan fingerprint density at radius 1 is 1.09 bits per heavy atom. The lowest BCUT2D eigenvalue weighted by Gasteiger charge is -2.12. The van der Waals surface area contributed by atoms with E-state index in [9.17, 15) is 8.42 Å². The van der Waals surface area contributed by atoms with Crippen molar-refractivity contribution in [1.82, 2.24) is 14.5 Å². The van der Waals surface area contributed by atoms with Crippen LogP contribution in [0, 0.1) is 6.92 Å². The van der Waals surface area contributed by atoms with Crippen LogP contribution in [0.25, 0.3) is 0 Å². The van der Waals surface area contributed by atoms with E-state index in [1.165, 1.54) is 20.2 Å². The lowest BCUT2D eigenvalue weighted by atomic mass is 10.2. The number of nitrogens with zero attached hydrogens (tertiary/aromatic N) is 3. The molecule has 7 nitrogen and oxygen atoms in total. The Morgan fingerprint density at radius 3 is 2.27 bits per heavy atom. The highest BCUT2D eigenvalue weighted by Gasteiger charge is 2.13. The molecule has 22 heavy (non-hydrogen) atoms. The fourth-order valence-corrected chi connectivity index (χ4v) is 2.23. The van der Waals surface area contributed by atoms with Gasteiger partial charge in [0.25, 0.3) is 0 Å². The standard InChI is InChI=1S/C13H16ClN5O2S/c1-9-4-5-10(8-11(9)14)15-12-6-7-13(17-16-12)18-22(20,21)19(2)3/h4-8H,1-3H3,(H,15,16)(H,17,18). The first-order valence-corrected chi connectivity index (χ1v) is 8.17. The van der Waals surface area contributed by atoms with E-state index in [2.05, 4.69) is 20.2 Å². The second-order valence-electron chi connectivity index (χ2n) is 4.78. The summed E-state index contributed by atoms with van der Waals surface area (Å²) in [6.07, 6.45) is 0. The van der Waals surface area contributed by atoms with E-state index in [0.29, 0.717) is 10.8 Å². The second-order valence-corrected chi connectivity index (χ2v) is 7.07. The summed E-state index contributed by atoms with van der Waals surface area (Å²) in [6.45, 7) is 1.91. The van der Waals surface area contributed by atoms with Gasteiger partial charge in [0.1, 0.15) is 0 Å². The number of rotatable bonds is 5. The predicted molar refractivity (Wildman–Crippen MR) is 87.7 cm³/mol. The molecule has 0 radical (unpaired) electrons. The summed E-state index contributed by atoms with van der Waals surface area (Å²) in [5, 5.41) is 11.4. The molecule has 0 aliphatic heterocycles. The first-order valence-electron chi connectivity index (χ1n) is 6.35. The van der Waals surface area contributed by atoms with E-state index in [-0.39, 0.29) is 5.82 Å². The van der Waals surface area contributed by atoms with Gasteiger partial charge in [-0.25, -0.2) is 0 Å². The molecule has 0 atom stereocenters. The molecule has 2 N–H and O–H groups in total. The fourth-order valence-electron chi connectivity index (χ4n) is 1.50. The van der Waals surface area contributed by atoms with Crippen molar-refractivity contribution in [3.63, 3.8) is 0 Å². The van der Waals surface area contributed by atoms with E-state index in [1.807, 2.05) is 19.1 Å². The third-order valence-electron chi connectivity index (χ3n) is 2.82. The first kappa shape index (κ1) is 16.5. The highest BCUT2D eigenvalue weighted by molar-refractivity contribution is 7.90. The summed E-state index contributed by atoms with van der Waals surface area (Å²) in [7, 11) is -0.744. The van der Waals surface area contributed by atoms with Gasteiger partial charge in [0.05, 0.1) is 0 Å². The molecule has 1 aromatic heterocycles. The second kappa shape index (κ2) is 6.47. The SMILES string of the molecule is Cc1ccc(Nc2ccc(NS(=O)(=O)N(C)C)nn2)cc1Cl. The summed E-state index contributed by atoms with van der Waals surface area (Å²) >= 11 is 6.05. The highest BCUT2D eigenvalue weighted by atomic mass is 35.5. The Balaban J connectivity index is 2.10. The van der Waals surface area contributed by atoms with Gasteiger partial charge < -0.3 is 5.32 Å². The Kier molecular flexibility index (Phi) is 4.84. The van der Waals surface area contributed by atoms with Crippen LogP contribution in [0.2, 0.25) is 5.02 Å². The van der Waals surface area contributed by atoms with E-state index in [1.54, 1.807) is 12.1 Å². The molecule has 0 amide bonds. The minimum absolute atomic E-state index is 0.140. The van der Waals surface area contributed by atoms with Crippen molar-refractivity contribution in [3.05, 3.63) is 40.9 Å². The number of benzene rings is 1. The van der Waals surface area contributed by atoms with Crippen LogP contribution < -0.4 is 10.0 Å². The zero-order valence-electron chi connectivity index (χ0n) is 12.3. The minimum Gasteiger partial charge on any atom is -0.339 e. The maximum Gasteiger partial charge on any atom is 0.302 e. The molecule has 0 bridgehead atoms. The maximum absolute atomic E-state index is 11.7. The van der Waals surface area contributed by atoms with Gasteiger partial charge >= 0.3 is 10.2 Å². The van der Waals surface area contributed by atoms with Gasteiger partial charge in [0.15, 0.2) is 11.6 Å². The predicted octanol–water partition coefficient (Wildman–Crippen LogP) is 2.40. The molecule has 2 rings (SSSR count). The van der Waals surface area contributed by atoms with Crippen LogP contribution in [-0.2, 0) is 10.2 Å². The van der Waals surface area contributed by atoms with E-state index in [0.717, 1.165) is 15.6 Å². The van der Waals surface area contributed by atoms with Crippen LogP contribution in [0.4, 0.5) is 17.3 Å². The van der Waals surface area contributed by atoms with Crippen LogP contribution in [-0.4, -0.2) is 37.0 Å². The molecule has 0 saturated carbocycles. The molecular formula is C13H16ClN5O2S. The number of aromatic nitrogens is 2. The zero-order valence-corrected chi connectivity index (χ0v) is 13.9. The molecular weight excluding hydrogens is 326 g/mol. The first-order chi connectivity index (χ1) is 10.3. The van der Waals surface area contributed by atoms with Crippen molar-refractivity contribution in [2.45, 2.75) is 6.92 Å². The van der Waals surface area contributed by atoms with Crippen LogP contribution in [0.15, 0.2) is 30.3 Å². The maximum atomic E-state index is 11.7. The van der Waals surface area contributed by atoms with E-state index in [4.69, 9.17) is 11.6 Å². The largest absolute Gasteiger partial charge is 0.339 e. The summed E-state index contributed by atoms with van der Waals surface area (Å²) in [6, 6.07) is 8.67. The third-order valence-corrected chi connectivity index (χ3v) is 4.66. The van der Waals surface area contributed by atoms with Crippen molar-refractivity contribution in [3.8, 4) is 0 Å². The molecule has 118 valence electrons. The third kappa shape index (κ3) is 4.06. The van der Waals surface area contributed by atoms with Crippen LogP contribution in [0.3, 0.4) is 0 Å². The zero-order chi connectivity index (χ0) is 16.3. The monoisotopic (exact) mass is 341 g/mol. The Hall–Kier alpha value is -1.90. The van der Waals surface area contributed by atoms with Crippen LogP contribution >= 0.6 is 11.6 Å². The number of hydrogen-bond acceptors (Lipinski definition) is 5. The topological polar surface area (TPSA) is 87.2 Å². The van der Waals surface area contributed by atoms with Gasteiger partial charge in [-0.05, 0) is 36.8 Å². The molecule has 0 aliphatic carbocycles. The van der Waals surface area contributed by atoms with E-state index >= 15 is 0 Å². The summed E-state index contributed by atoms with van der Waals surface area (Å²) in [4.78, 5) is 0. The van der Waals surface area contributed by atoms with E-state index < -0.39 is 10.2 Å². The number of anilines is 3. The molecule has 0 unspecified atom stereocenters. The van der Waals surface area contributed by atoms with Gasteiger partial charge in [-0.15, -0.1) is 10.2 Å². The number of nitrogens with one attached hydrogen (secondary N) is 2. The van der Waals surface area contributed by atoms with Gasteiger partial charge in [-0.2, -0.15) is 12.7 Å². The average molecular weight is 342 g/mol. The molecule has 9 heteroatoms. The molecule has 0 aliphatic rings. The Bertz CT molecular complexity index is 762. The molecule has 0 spiro atoms. The van der Waals surface area contributed by atoms with Crippen LogP contribution in [0.1, 0.15) is 5.56 Å². The minimum atomic E-state index is -3.59. The Labute approximate surface area is 134 Å². The lowest BCUT2D eigenvalue weighted by Crippen LogP contribution is -2.29. The molecule has 0 fully saturated rings. The van der Waals surface area contributed by atoms with Crippen molar-refractivity contribution in [1.29, 1.82) is 0 Å². The summed E-state index contributed by atoms with van der Waals surface area (Å²) in [5.41, 5.74) is 1.75. The molecule has 0 saturated heterocycles. The summed E-state index contributed by atoms with van der Waals surface area (Å²) < 4.78 is 26.7. The Morgan fingerprint density at radius 2 is 1.73 bits per heavy atom. The van der Waals surface area contributed by atoms with Gasteiger partial charge in [-0.1, -0.05) is 17.7 Å². The van der Waals surface area contributed by atoms with Crippen molar-refractivity contribution < 1.29 is 8.42 Å². The van der Waals surface area contributed by atoms with Gasteiger partial charge in [0, 0.05) is 24.8 Å². The smallest absolute Gasteiger partial charge is 0.302 e. The van der Waals surface area contributed by atoms with Crippen molar-refractivity contribution in [2.24, 2.45) is 0 Å². The van der Waals surface area contributed by atoms with Gasteiger partial charge in [-0.3, -0.25) is 4.72 Å². The van der Waals surface area contributed by atoms with Crippen molar-refractivity contribution >= 4 is 39.1 Å². The number of hydrogen-bond donors (Lipinski definition) is 2. The normalized spacial score (nSPS) is 11.5. The highest BCUT2D eigenvalue weighted by Crippen LogP contribution is 2.22. The molecule has 2 aromatic rings. The molecule has 1 aromatic carbocycles. The van der Waals surface area contributed by atoms with Crippen LogP contribution in [0.5, 0.6) is 0 Å². The van der Waals surface area contributed by atoms with Crippen molar-refractivity contribution in [2.75, 3.05) is 24.1 Å².